The summed E-state index contributed by atoms with van der Waals surface area (Å²) in [5.41, 5.74) is 1.79. The Morgan fingerprint density at radius 2 is 1.79 bits per heavy atom. The highest BCUT2D eigenvalue weighted by Crippen LogP contribution is 2.41. The van der Waals surface area contributed by atoms with Crippen LogP contribution >= 0.6 is 0 Å². The van der Waals surface area contributed by atoms with Crippen molar-refractivity contribution in [3.8, 4) is 5.88 Å². The lowest BCUT2D eigenvalue weighted by atomic mass is 9.88. The van der Waals surface area contributed by atoms with Crippen molar-refractivity contribution in [1.29, 1.82) is 0 Å². The number of alkyl halides is 3. The van der Waals surface area contributed by atoms with Crippen molar-refractivity contribution in [2.75, 3.05) is 46.1 Å². The second-order valence-corrected chi connectivity index (χ2v) is 13.5. The number of aromatic nitrogens is 3. The Labute approximate surface area is 299 Å². The van der Waals surface area contributed by atoms with Gasteiger partial charge in [0.2, 0.25) is 17.7 Å². The quantitative estimate of drug-likeness (QED) is 0.0950. The number of benzene rings is 2. The van der Waals surface area contributed by atoms with E-state index in [-0.39, 0.29) is 28.0 Å². The molecule has 1 unspecified atom stereocenters. The molecule has 1 saturated carbocycles. The van der Waals surface area contributed by atoms with E-state index in [1.54, 1.807) is 71.6 Å². The van der Waals surface area contributed by atoms with Crippen LogP contribution in [0.5, 0.6) is 5.88 Å². The Morgan fingerprint density at radius 1 is 1.00 bits per heavy atom. The van der Waals surface area contributed by atoms with E-state index in [2.05, 4.69) is 15.4 Å². The normalized spacial score (nSPS) is 19.5. The Morgan fingerprint density at radius 3 is 2.48 bits per heavy atom. The van der Waals surface area contributed by atoms with Crippen LogP contribution in [0.2, 0.25) is 0 Å². The van der Waals surface area contributed by atoms with Crippen LogP contribution in [0.15, 0.2) is 79.0 Å². The predicted octanol–water partition coefficient (Wildman–Crippen LogP) is 7.10. The first-order valence-corrected chi connectivity index (χ1v) is 17.7. The number of morpholine rings is 1. The van der Waals surface area contributed by atoms with Gasteiger partial charge in [0.05, 0.1) is 36.1 Å². The highest BCUT2D eigenvalue weighted by atomic mass is 19.4. The van der Waals surface area contributed by atoms with Crippen LogP contribution < -0.4 is 10.1 Å². The Balaban J connectivity index is 1.14. The van der Waals surface area contributed by atoms with Crippen LogP contribution in [0.3, 0.4) is 0 Å². The van der Waals surface area contributed by atoms with Gasteiger partial charge in [0.1, 0.15) is 6.61 Å². The summed E-state index contributed by atoms with van der Waals surface area (Å²) in [6.45, 7) is 3.65. The number of pyridine rings is 1. The van der Waals surface area contributed by atoms with Crippen LogP contribution in [0.4, 0.5) is 17.6 Å². The second-order valence-electron chi connectivity index (χ2n) is 13.5. The number of hydrogen-bond acceptors (Lipinski definition) is 7. The number of nitrogens with one attached hydrogen (secondary N) is 1. The largest absolute Gasteiger partial charge is 0.476 e. The fourth-order valence-corrected chi connectivity index (χ4v) is 6.76. The second kappa shape index (κ2) is 15.6. The average Bonchev–Trinajstić information content (AvgIpc) is 3.87. The molecule has 2 aromatic heterocycles. The molecule has 1 atom stereocenters. The van der Waals surface area contributed by atoms with Gasteiger partial charge < -0.3 is 24.4 Å². The van der Waals surface area contributed by atoms with Crippen molar-refractivity contribution < 1.29 is 36.6 Å². The molecule has 4 aromatic rings. The molecule has 2 saturated heterocycles. The summed E-state index contributed by atoms with van der Waals surface area (Å²) in [4.78, 5) is 18.6. The van der Waals surface area contributed by atoms with Gasteiger partial charge in [-0.25, -0.2) is 9.67 Å². The molecular formula is C39H41F4N5O4. The van der Waals surface area contributed by atoms with Crippen molar-refractivity contribution in [1.82, 2.24) is 25.0 Å². The van der Waals surface area contributed by atoms with Crippen molar-refractivity contribution >= 4 is 28.0 Å². The molecule has 0 radical (unpaired) electrons. The zero-order valence-corrected chi connectivity index (χ0v) is 28.7. The van der Waals surface area contributed by atoms with Crippen LogP contribution in [0, 0.1) is 5.95 Å². The fraction of sp³-hybridized carbons (Fsp3) is 0.410. The van der Waals surface area contributed by atoms with Gasteiger partial charge >= 0.3 is 6.18 Å². The maximum Gasteiger partial charge on any atom is 0.393 e. The van der Waals surface area contributed by atoms with Crippen molar-refractivity contribution in [2.24, 2.45) is 0 Å². The first-order chi connectivity index (χ1) is 25.2. The van der Waals surface area contributed by atoms with E-state index in [0.29, 0.717) is 80.6 Å². The van der Waals surface area contributed by atoms with E-state index in [1.807, 2.05) is 6.08 Å². The molecule has 3 fully saturated rings. The molecule has 2 aliphatic heterocycles. The van der Waals surface area contributed by atoms with Crippen LogP contribution in [-0.2, 0) is 14.3 Å². The molecule has 3 aliphatic rings. The summed E-state index contributed by atoms with van der Waals surface area (Å²) in [6.07, 6.45) is 3.06. The molecule has 1 amide bonds. The molecule has 1 N–H and O–H groups in total. The van der Waals surface area contributed by atoms with Crippen molar-refractivity contribution in [2.45, 2.75) is 56.5 Å². The molecule has 9 nitrogen and oxygen atoms in total. The minimum atomic E-state index is -4.53. The zero-order valence-electron chi connectivity index (χ0n) is 28.7. The summed E-state index contributed by atoms with van der Waals surface area (Å²) in [5.74, 6) is -0.434. The van der Waals surface area contributed by atoms with Gasteiger partial charge in [-0.2, -0.15) is 17.6 Å². The number of rotatable bonds is 12. The molecule has 52 heavy (non-hydrogen) atoms. The summed E-state index contributed by atoms with van der Waals surface area (Å²) in [7, 11) is 0. The number of nitrogens with zero attached hydrogens (tertiary/aromatic N) is 4. The van der Waals surface area contributed by atoms with Crippen LogP contribution in [0.1, 0.15) is 61.4 Å². The fourth-order valence-electron chi connectivity index (χ4n) is 6.76. The monoisotopic (exact) mass is 719 g/mol. The molecule has 2 aromatic carbocycles. The topological polar surface area (TPSA) is 90.7 Å². The lowest BCUT2D eigenvalue weighted by Crippen LogP contribution is -2.40. The number of hydrogen-bond donors (Lipinski definition) is 1. The smallest absolute Gasteiger partial charge is 0.393 e. The van der Waals surface area contributed by atoms with Gasteiger partial charge in [0.25, 0.3) is 0 Å². The summed E-state index contributed by atoms with van der Waals surface area (Å²) in [5, 5.41) is 7.77. The highest BCUT2D eigenvalue weighted by molar-refractivity contribution is 6.00. The third-order valence-electron chi connectivity index (χ3n) is 9.73. The van der Waals surface area contributed by atoms with Crippen molar-refractivity contribution in [3.63, 3.8) is 0 Å². The standard InChI is InChI=1S/C39H41F4N5O4/c40-37-30-23-28(11-13-32(30)48(46-37)35-10-4-5-20-51-35)36(31(24-39(41,42)43)27-7-2-1-3-8-27)29-12-14-33(44-25-29)52-26-38(15-16-38)45-17-6-9-34(49)47-18-21-50-22-19-47/h1-3,6-9,11-14,23,25,35,45H,4-5,10,15-22,24,26H2/b9-6+,36-31-. The van der Waals surface area contributed by atoms with E-state index < -0.39 is 24.8 Å². The first kappa shape index (κ1) is 35.8. The molecular weight excluding hydrogens is 678 g/mol. The van der Waals surface area contributed by atoms with E-state index >= 15 is 4.39 Å². The van der Waals surface area contributed by atoms with Gasteiger partial charge in [-0.05, 0) is 72.6 Å². The Bertz CT molecular complexity index is 1910. The summed E-state index contributed by atoms with van der Waals surface area (Å²) >= 11 is 0. The van der Waals surface area contributed by atoms with E-state index in [1.165, 1.54) is 10.9 Å². The molecule has 274 valence electrons. The molecule has 13 heteroatoms. The number of carbonyl (C=O) groups excluding carboxylic acids is 1. The third-order valence-corrected chi connectivity index (χ3v) is 9.73. The molecule has 0 spiro atoms. The summed E-state index contributed by atoms with van der Waals surface area (Å²) < 4.78 is 76.9. The van der Waals surface area contributed by atoms with Crippen LogP contribution in [-0.4, -0.2) is 83.3 Å². The third kappa shape index (κ3) is 8.54. The summed E-state index contributed by atoms with van der Waals surface area (Å²) in [6, 6.07) is 16.7. The minimum Gasteiger partial charge on any atom is -0.476 e. The first-order valence-electron chi connectivity index (χ1n) is 17.7. The predicted molar refractivity (Wildman–Crippen MR) is 188 cm³/mol. The van der Waals surface area contributed by atoms with Gasteiger partial charge in [0, 0.05) is 50.1 Å². The van der Waals surface area contributed by atoms with E-state index in [4.69, 9.17) is 14.2 Å². The Hall–Kier alpha value is -4.59. The van der Waals surface area contributed by atoms with Gasteiger partial charge in [-0.15, -0.1) is 5.10 Å². The number of fused-ring (bicyclic) bond motifs is 1. The van der Waals surface area contributed by atoms with E-state index in [9.17, 15) is 18.0 Å². The zero-order chi connectivity index (χ0) is 36.1. The highest BCUT2D eigenvalue weighted by Gasteiger charge is 2.43. The number of ether oxygens (including phenoxy) is 3. The lowest BCUT2D eigenvalue weighted by Gasteiger charge is -2.25. The van der Waals surface area contributed by atoms with Crippen LogP contribution in [0.25, 0.3) is 22.0 Å². The van der Waals surface area contributed by atoms with Gasteiger partial charge in [0.15, 0.2) is 6.23 Å². The van der Waals surface area contributed by atoms with E-state index in [0.717, 1.165) is 25.7 Å². The molecule has 1 aliphatic carbocycles. The Kier molecular flexibility index (Phi) is 10.7. The maximum absolute atomic E-state index is 15.4. The number of amides is 1. The molecule has 7 rings (SSSR count). The number of allylic oxidation sites excluding steroid dienone is 1. The molecule has 0 bridgehead atoms. The number of halogens is 4. The van der Waals surface area contributed by atoms with Gasteiger partial charge in [-0.1, -0.05) is 42.5 Å². The minimum absolute atomic E-state index is 0.0348. The van der Waals surface area contributed by atoms with Gasteiger partial charge in [-0.3, -0.25) is 4.79 Å². The van der Waals surface area contributed by atoms with Crippen molar-refractivity contribution in [3.05, 3.63) is 102 Å². The average molecular weight is 720 g/mol. The maximum atomic E-state index is 15.4. The lowest BCUT2D eigenvalue weighted by molar-refractivity contribution is -0.130. The SMILES string of the molecule is O=C(/C=C/CNC1(COc2ccc(/C(=C(/CC(F)(F)F)c3ccccc3)c3ccc4c(c3)c(F)nn4C3CCCCO3)cn2)CC1)N1CCOCC1. The molecule has 4 heterocycles. The number of carbonyl (C=O) groups is 1.